The molecule has 0 bridgehead atoms. The van der Waals surface area contributed by atoms with Gasteiger partial charge in [-0.1, -0.05) is 11.6 Å². The van der Waals surface area contributed by atoms with Crippen LogP contribution in [0.5, 0.6) is 0 Å². The van der Waals surface area contributed by atoms with E-state index in [4.69, 9.17) is 16.9 Å². The maximum Gasteiger partial charge on any atom is 0.103 e. The minimum atomic E-state index is 0.559. The third kappa shape index (κ3) is 1.92. The molecular formula is C13H12ClN3. The minimum absolute atomic E-state index is 0.559. The van der Waals surface area contributed by atoms with Crippen molar-refractivity contribution < 1.29 is 0 Å². The molecule has 0 atom stereocenters. The molecule has 86 valence electrons. The summed E-state index contributed by atoms with van der Waals surface area (Å²) in [6.45, 7) is 1.96. The van der Waals surface area contributed by atoms with E-state index in [1.807, 2.05) is 38.1 Å². The summed E-state index contributed by atoms with van der Waals surface area (Å²) in [5.74, 6) is 0. The first-order valence-corrected chi connectivity index (χ1v) is 5.58. The third-order valence-corrected chi connectivity index (χ3v) is 2.88. The van der Waals surface area contributed by atoms with E-state index in [0.717, 1.165) is 22.2 Å². The molecule has 0 fully saturated rings. The number of hydrogen-bond acceptors (Lipinski definition) is 3. The van der Waals surface area contributed by atoms with Crippen molar-refractivity contribution in [3.05, 3.63) is 34.5 Å². The summed E-state index contributed by atoms with van der Waals surface area (Å²) >= 11 is 6.07. The highest BCUT2D eigenvalue weighted by atomic mass is 35.5. The van der Waals surface area contributed by atoms with Gasteiger partial charge in [-0.15, -0.1) is 0 Å². The molecule has 2 rings (SSSR count). The maximum atomic E-state index is 9.12. The minimum Gasteiger partial charge on any atom is -0.376 e. The molecule has 0 spiro atoms. The van der Waals surface area contributed by atoms with E-state index in [-0.39, 0.29) is 0 Å². The molecule has 17 heavy (non-hydrogen) atoms. The van der Waals surface area contributed by atoms with Crippen molar-refractivity contribution in [2.45, 2.75) is 6.92 Å². The molecule has 0 amide bonds. The summed E-state index contributed by atoms with van der Waals surface area (Å²) in [5.41, 5.74) is 3.32. The Kier molecular flexibility index (Phi) is 2.91. The maximum absolute atomic E-state index is 9.12. The van der Waals surface area contributed by atoms with Gasteiger partial charge in [-0.25, -0.2) is 0 Å². The van der Waals surface area contributed by atoms with Gasteiger partial charge in [-0.05, 0) is 24.6 Å². The number of aromatic nitrogens is 1. The second-order valence-electron chi connectivity index (χ2n) is 4.15. The van der Waals surface area contributed by atoms with Crippen molar-refractivity contribution in [3.63, 3.8) is 0 Å². The molecule has 4 heteroatoms. The van der Waals surface area contributed by atoms with Crippen LogP contribution in [0.4, 0.5) is 5.69 Å². The molecule has 0 aliphatic carbocycles. The number of halogens is 1. The Bertz CT molecular complexity index is 627. The third-order valence-electron chi connectivity index (χ3n) is 2.67. The first kappa shape index (κ1) is 11.7. The van der Waals surface area contributed by atoms with E-state index in [0.29, 0.717) is 10.6 Å². The number of rotatable bonds is 1. The van der Waals surface area contributed by atoms with Crippen molar-refractivity contribution in [2.24, 2.45) is 0 Å². The van der Waals surface area contributed by atoms with Gasteiger partial charge in [0, 0.05) is 30.7 Å². The van der Waals surface area contributed by atoms with E-state index in [2.05, 4.69) is 11.1 Å². The fourth-order valence-corrected chi connectivity index (χ4v) is 2.26. The number of nitriles is 1. The highest BCUT2D eigenvalue weighted by molar-refractivity contribution is 6.31. The van der Waals surface area contributed by atoms with Crippen LogP contribution in [0, 0.1) is 18.3 Å². The van der Waals surface area contributed by atoms with Gasteiger partial charge in [-0.2, -0.15) is 5.26 Å². The fourth-order valence-electron chi connectivity index (χ4n) is 1.99. The Hall–Kier alpha value is -1.79. The lowest BCUT2D eigenvalue weighted by molar-refractivity contribution is 1.13. The smallest absolute Gasteiger partial charge is 0.103 e. The van der Waals surface area contributed by atoms with Gasteiger partial charge in [0.05, 0.1) is 16.8 Å². The number of hydrogen-bond donors (Lipinski definition) is 0. The van der Waals surface area contributed by atoms with Crippen molar-refractivity contribution in [1.29, 1.82) is 5.26 Å². The predicted molar refractivity (Wildman–Crippen MR) is 70.5 cm³/mol. The van der Waals surface area contributed by atoms with Crippen LogP contribution in [-0.2, 0) is 0 Å². The van der Waals surface area contributed by atoms with Crippen molar-refractivity contribution in [1.82, 2.24) is 4.98 Å². The Balaban J connectivity index is 2.95. The number of fused-ring (bicyclic) bond motifs is 1. The number of aryl methyl sites for hydroxylation is 1. The van der Waals surface area contributed by atoms with E-state index < -0.39 is 0 Å². The first-order chi connectivity index (χ1) is 8.04. The lowest BCUT2D eigenvalue weighted by Gasteiger charge is -2.17. The number of anilines is 1. The molecule has 0 saturated carbocycles. The Morgan fingerprint density at radius 2 is 2.06 bits per heavy atom. The van der Waals surface area contributed by atoms with E-state index in [1.165, 1.54) is 0 Å². The molecule has 0 N–H and O–H groups in total. The Labute approximate surface area is 105 Å². The Morgan fingerprint density at radius 1 is 1.35 bits per heavy atom. The number of pyridine rings is 1. The molecule has 0 unspecified atom stereocenters. The summed E-state index contributed by atoms with van der Waals surface area (Å²) in [6.07, 6.45) is 1.61. The molecule has 0 aliphatic heterocycles. The van der Waals surface area contributed by atoms with Gasteiger partial charge in [0.2, 0.25) is 0 Å². The van der Waals surface area contributed by atoms with Gasteiger partial charge >= 0.3 is 0 Å². The summed E-state index contributed by atoms with van der Waals surface area (Å²) in [6, 6.07) is 5.89. The lowest BCUT2D eigenvalue weighted by Crippen LogP contribution is -2.11. The highest BCUT2D eigenvalue weighted by Crippen LogP contribution is 2.31. The molecule has 0 radical (unpaired) electrons. The molecule has 3 nitrogen and oxygen atoms in total. The number of benzene rings is 1. The molecule has 0 aliphatic rings. The van der Waals surface area contributed by atoms with Crippen LogP contribution in [0.1, 0.15) is 11.1 Å². The van der Waals surface area contributed by atoms with Crippen LogP contribution in [0.3, 0.4) is 0 Å². The van der Waals surface area contributed by atoms with E-state index in [9.17, 15) is 0 Å². The molecular weight excluding hydrogens is 234 g/mol. The summed E-state index contributed by atoms with van der Waals surface area (Å²) in [5, 5.41) is 10.7. The summed E-state index contributed by atoms with van der Waals surface area (Å²) in [7, 11) is 3.82. The Morgan fingerprint density at radius 3 is 2.65 bits per heavy atom. The SMILES string of the molecule is Cc1cc(Cl)cc2c(N(C)C)c(C#N)cnc12. The van der Waals surface area contributed by atoms with Crippen molar-refractivity contribution in [2.75, 3.05) is 19.0 Å². The second-order valence-corrected chi connectivity index (χ2v) is 4.58. The van der Waals surface area contributed by atoms with Crippen LogP contribution >= 0.6 is 11.6 Å². The van der Waals surface area contributed by atoms with Crippen LogP contribution in [-0.4, -0.2) is 19.1 Å². The van der Waals surface area contributed by atoms with E-state index >= 15 is 0 Å². The quantitative estimate of drug-likeness (QED) is 0.775. The van der Waals surface area contributed by atoms with Crippen LogP contribution in [0.2, 0.25) is 5.02 Å². The zero-order chi connectivity index (χ0) is 12.6. The normalized spacial score (nSPS) is 10.3. The summed E-state index contributed by atoms with van der Waals surface area (Å²) in [4.78, 5) is 6.24. The monoisotopic (exact) mass is 245 g/mol. The van der Waals surface area contributed by atoms with Crippen molar-refractivity contribution in [3.8, 4) is 6.07 Å². The molecule has 1 aromatic heterocycles. The van der Waals surface area contributed by atoms with Crippen LogP contribution in [0.15, 0.2) is 18.3 Å². The molecule has 1 heterocycles. The standard InChI is InChI=1S/C13H12ClN3/c1-8-4-10(14)5-11-12(8)16-7-9(6-15)13(11)17(2)3/h4-5,7H,1-3H3. The zero-order valence-electron chi connectivity index (χ0n) is 9.95. The van der Waals surface area contributed by atoms with Gasteiger partial charge < -0.3 is 4.90 Å². The van der Waals surface area contributed by atoms with Crippen molar-refractivity contribution >= 4 is 28.2 Å². The first-order valence-electron chi connectivity index (χ1n) is 5.21. The second kappa shape index (κ2) is 4.23. The van der Waals surface area contributed by atoms with Gasteiger partial charge in [-0.3, -0.25) is 4.98 Å². The molecule has 1 aromatic carbocycles. The van der Waals surface area contributed by atoms with Crippen LogP contribution < -0.4 is 4.90 Å². The van der Waals surface area contributed by atoms with Gasteiger partial charge in [0.15, 0.2) is 0 Å². The largest absolute Gasteiger partial charge is 0.376 e. The molecule has 2 aromatic rings. The highest BCUT2D eigenvalue weighted by Gasteiger charge is 2.12. The van der Waals surface area contributed by atoms with Gasteiger partial charge in [0.1, 0.15) is 6.07 Å². The summed E-state index contributed by atoms with van der Waals surface area (Å²) < 4.78 is 0. The van der Waals surface area contributed by atoms with Crippen LogP contribution in [0.25, 0.3) is 10.9 Å². The number of nitrogens with zero attached hydrogens (tertiary/aromatic N) is 3. The topological polar surface area (TPSA) is 39.9 Å². The van der Waals surface area contributed by atoms with Gasteiger partial charge in [0.25, 0.3) is 0 Å². The average Bonchev–Trinajstić information content (AvgIpc) is 2.26. The molecule has 0 saturated heterocycles. The predicted octanol–water partition coefficient (Wildman–Crippen LogP) is 3.13. The van der Waals surface area contributed by atoms with E-state index in [1.54, 1.807) is 6.20 Å². The fraction of sp³-hybridized carbons (Fsp3) is 0.231. The zero-order valence-corrected chi connectivity index (χ0v) is 10.7. The average molecular weight is 246 g/mol. The lowest BCUT2D eigenvalue weighted by atomic mass is 10.1.